The minimum atomic E-state index is -0.0425. The third kappa shape index (κ3) is 5.37. The Hall–Kier alpha value is -1.58. The molecule has 0 aliphatic heterocycles. The number of amides is 1. The standard InChI is InChI=1S/C17H27N3O/c1-2-3-7-11-18-15-10-12-19-16(13-15)17(21)20-14-8-5-4-6-9-14/h10,12-14H,2-9,11H2,1H3,(H,18,19)(H,20,21). The van der Waals surface area contributed by atoms with Crippen LogP contribution in [0.1, 0.15) is 68.8 Å². The maximum absolute atomic E-state index is 12.2. The number of aromatic nitrogens is 1. The van der Waals surface area contributed by atoms with Crippen LogP contribution in [0.25, 0.3) is 0 Å². The van der Waals surface area contributed by atoms with Gasteiger partial charge in [0, 0.05) is 24.5 Å². The Kier molecular flexibility index (Phi) is 6.51. The van der Waals surface area contributed by atoms with Gasteiger partial charge in [-0.05, 0) is 31.4 Å². The van der Waals surface area contributed by atoms with E-state index in [1.807, 2.05) is 12.1 Å². The van der Waals surface area contributed by atoms with Gasteiger partial charge in [0.05, 0.1) is 0 Å². The molecule has 1 amide bonds. The number of nitrogens with one attached hydrogen (secondary N) is 2. The molecule has 2 N–H and O–H groups in total. The van der Waals surface area contributed by atoms with E-state index in [2.05, 4.69) is 22.5 Å². The molecular weight excluding hydrogens is 262 g/mol. The first-order valence-corrected chi connectivity index (χ1v) is 8.30. The number of hydrogen-bond acceptors (Lipinski definition) is 3. The topological polar surface area (TPSA) is 54.0 Å². The second-order valence-corrected chi connectivity index (χ2v) is 5.87. The maximum Gasteiger partial charge on any atom is 0.270 e. The molecule has 4 heteroatoms. The number of anilines is 1. The third-order valence-electron chi connectivity index (χ3n) is 4.04. The molecule has 0 unspecified atom stereocenters. The molecule has 1 aromatic heterocycles. The summed E-state index contributed by atoms with van der Waals surface area (Å²) in [5, 5.41) is 6.47. The van der Waals surface area contributed by atoms with E-state index in [9.17, 15) is 4.79 Å². The summed E-state index contributed by atoms with van der Waals surface area (Å²) in [4.78, 5) is 16.4. The highest BCUT2D eigenvalue weighted by atomic mass is 16.1. The SMILES string of the molecule is CCCCCNc1ccnc(C(=O)NC2CCCCC2)c1. The van der Waals surface area contributed by atoms with E-state index >= 15 is 0 Å². The van der Waals surface area contributed by atoms with Gasteiger partial charge in [0.15, 0.2) is 0 Å². The highest BCUT2D eigenvalue weighted by molar-refractivity contribution is 5.93. The minimum absolute atomic E-state index is 0.0425. The monoisotopic (exact) mass is 289 g/mol. The molecule has 0 atom stereocenters. The molecule has 0 bridgehead atoms. The van der Waals surface area contributed by atoms with Gasteiger partial charge in [-0.2, -0.15) is 0 Å². The van der Waals surface area contributed by atoms with Crippen LogP contribution in [0.15, 0.2) is 18.3 Å². The molecule has 1 saturated carbocycles. The van der Waals surface area contributed by atoms with Gasteiger partial charge in [-0.3, -0.25) is 9.78 Å². The normalized spacial score (nSPS) is 15.7. The highest BCUT2D eigenvalue weighted by Gasteiger charge is 2.17. The lowest BCUT2D eigenvalue weighted by Crippen LogP contribution is -2.36. The van der Waals surface area contributed by atoms with Crippen molar-refractivity contribution in [2.75, 3.05) is 11.9 Å². The molecule has 0 spiro atoms. The fraction of sp³-hybridized carbons (Fsp3) is 0.647. The van der Waals surface area contributed by atoms with E-state index in [1.165, 1.54) is 32.1 Å². The third-order valence-corrected chi connectivity index (χ3v) is 4.04. The molecule has 1 fully saturated rings. The molecule has 0 radical (unpaired) electrons. The van der Waals surface area contributed by atoms with Crippen molar-refractivity contribution < 1.29 is 4.79 Å². The van der Waals surface area contributed by atoms with Crippen LogP contribution in [0, 0.1) is 0 Å². The molecule has 0 aromatic carbocycles. The number of carbonyl (C=O) groups excluding carboxylic acids is 1. The first kappa shape index (κ1) is 15.8. The number of unbranched alkanes of at least 4 members (excludes halogenated alkanes) is 2. The molecule has 1 aliphatic rings. The van der Waals surface area contributed by atoms with Gasteiger partial charge in [-0.25, -0.2) is 0 Å². The Morgan fingerprint density at radius 1 is 1.29 bits per heavy atom. The van der Waals surface area contributed by atoms with Crippen LogP contribution in [-0.4, -0.2) is 23.5 Å². The molecule has 4 nitrogen and oxygen atoms in total. The largest absolute Gasteiger partial charge is 0.385 e. The van der Waals surface area contributed by atoms with Crippen molar-refractivity contribution in [3.8, 4) is 0 Å². The van der Waals surface area contributed by atoms with Crippen LogP contribution in [0.3, 0.4) is 0 Å². The zero-order chi connectivity index (χ0) is 14.9. The molecule has 116 valence electrons. The number of pyridine rings is 1. The predicted octanol–water partition coefficient (Wildman–Crippen LogP) is 3.75. The molecule has 21 heavy (non-hydrogen) atoms. The molecule has 1 aliphatic carbocycles. The van der Waals surface area contributed by atoms with Crippen molar-refractivity contribution in [3.63, 3.8) is 0 Å². The van der Waals surface area contributed by atoms with Crippen molar-refractivity contribution in [2.45, 2.75) is 64.3 Å². The first-order chi connectivity index (χ1) is 10.3. The van der Waals surface area contributed by atoms with Crippen LogP contribution in [0.5, 0.6) is 0 Å². The summed E-state index contributed by atoms with van der Waals surface area (Å²) >= 11 is 0. The average molecular weight is 289 g/mol. The Balaban J connectivity index is 1.85. The summed E-state index contributed by atoms with van der Waals surface area (Å²) in [7, 11) is 0. The van der Waals surface area contributed by atoms with Gasteiger partial charge in [0.1, 0.15) is 5.69 Å². The van der Waals surface area contributed by atoms with E-state index in [1.54, 1.807) is 6.20 Å². The van der Waals surface area contributed by atoms with E-state index in [0.29, 0.717) is 11.7 Å². The predicted molar refractivity (Wildman–Crippen MR) is 86.6 cm³/mol. The Morgan fingerprint density at radius 3 is 2.86 bits per heavy atom. The smallest absolute Gasteiger partial charge is 0.270 e. The van der Waals surface area contributed by atoms with E-state index < -0.39 is 0 Å². The Morgan fingerprint density at radius 2 is 2.10 bits per heavy atom. The van der Waals surface area contributed by atoms with Crippen LogP contribution in [0.2, 0.25) is 0 Å². The van der Waals surface area contributed by atoms with E-state index in [-0.39, 0.29) is 5.91 Å². The summed E-state index contributed by atoms with van der Waals surface area (Å²) in [6, 6.07) is 4.10. The van der Waals surface area contributed by atoms with Crippen LogP contribution >= 0.6 is 0 Å². The van der Waals surface area contributed by atoms with Gasteiger partial charge in [0.2, 0.25) is 0 Å². The van der Waals surface area contributed by atoms with Gasteiger partial charge in [0.25, 0.3) is 5.91 Å². The number of rotatable bonds is 7. The number of carbonyl (C=O) groups is 1. The quantitative estimate of drug-likeness (QED) is 0.752. The Bertz CT molecular complexity index is 441. The van der Waals surface area contributed by atoms with E-state index in [0.717, 1.165) is 31.5 Å². The lowest BCUT2D eigenvalue weighted by atomic mass is 9.95. The highest BCUT2D eigenvalue weighted by Crippen LogP contribution is 2.18. The molecule has 1 aromatic rings. The molecule has 1 heterocycles. The lowest BCUT2D eigenvalue weighted by molar-refractivity contribution is 0.0922. The minimum Gasteiger partial charge on any atom is -0.385 e. The van der Waals surface area contributed by atoms with Crippen LogP contribution in [0.4, 0.5) is 5.69 Å². The first-order valence-electron chi connectivity index (χ1n) is 8.30. The maximum atomic E-state index is 12.2. The van der Waals surface area contributed by atoms with Gasteiger partial charge in [-0.1, -0.05) is 39.0 Å². The zero-order valence-electron chi connectivity index (χ0n) is 13.0. The average Bonchev–Trinajstić information content (AvgIpc) is 2.53. The van der Waals surface area contributed by atoms with Crippen molar-refractivity contribution in [1.29, 1.82) is 0 Å². The summed E-state index contributed by atoms with van der Waals surface area (Å²) < 4.78 is 0. The second kappa shape index (κ2) is 8.65. The van der Waals surface area contributed by atoms with Crippen LogP contribution in [-0.2, 0) is 0 Å². The summed E-state index contributed by atoms with van der Waals surface area (Å²) in [5.41, 5.74) is 1.50. The molecular formula is C17H27N3O. The van der Waals surface area contributed by atoms with Crippen LogP contribution < -0.4 is 10.6 Å². The summed E-state index contributed by atoms with van der Waals surface area (Å²) in [5.74, 6) is -0.0425. The molecule has 2 rings (SSSR count). The van der Waals surface area contributed by atoms with Gasteiger partial charge >= 0.3 is 0 Å². The fourth-order valence-corrected chi connectivity index (χ4v) is 2.78. The summed E-state index contributed by atoms with van der Waals surface area (Å²) in [6.45, 7) is 3.14. The van der Waals surface area contributed by atoms with Crippen molar-refractivity contribution in [2.24, 2.45) is 0 Å². The van der Waals surface area contributed by atoms with Crippen molar-refractivity contribution >= 4 is 11.6 Å². The van der Waals surface area contributed by atoms with Gasteiger partial charge < -0.3 is 10.6 Å². The Labute approximate surface area is 127 Å². The number of hydrogen-bond donors (Lipinski definition) is 2. The fourth-order valence-electron chi connectivity index (χ4n) is 2.78. The van der Waals surface area contributed by atoms with Crippen molar-refractivity contribution in [1.82, 2.24) is 10.3 Å². The van der Waals surface area contributed by atoms with Crippen molar-refractivity contribution in [3.05, 3.63) is 24.0 Å². The number of nitrogens with zero attached hydrogens (tertiary/aromatic N) is 1. The lowest BCUT2D eigenvalue weighted by Gasteiger charge is -2.22. The second-order valence-electron chi connectivity index (χ2n) is 5.87. The summed E-state index contributed by atoms with van der Waals surface area (Å²) in [6.07, 6.45) is 11.2. The van der Waals surface area contributed by atoms with E-state index in [4.69, 9.17) is 0 Å². The molecule has 0 saturated heterocycles. The zero-order valence-corrected chi connectivity index (χ0v) is 13.0. The van der Waals surface area contributed by atoms with Gasteiger partial charge in [-0.15, -0.1) is 0 Å².